The molecule has 20 heavy (non-hydrogen) atoms. The zero-order valence-electron chi connectivity index (χ0n) is 11.5. The van der Waals surface area contributed by atoms with Crippen LogP contribution in [0, 0.1) is 6.92 Å². The van der Waals surface area contributed by atoms with Gasteiger partial charge in [-0.05, 0) is 19.1 Å². The van der Waals surface area contributed by atoms with Gasteiger partial charge < -0.3 is 9.84 Å². The fraction of sp³-hybridized carbons (Fsp3) is 0.267. The molecule has 0 aliphatic rings. The molecule has 1 aromatic carbocycles. The molecule has 1 aromatic heterocycles. The SMILES string of the molecule is C=CCOc1cccc(Cl)c1C(O)c1cn(C)nc1C. The van der Waals surface area contributed by atoms with E-state index in [4.69, 9.17) is 16.3 Å². The maximum atomic E-state index is 10.6. The van der Waals surface area contributed by atoms with Gasteiger partial charge in [0, 0.05) is 24.4 Å². The molecule has 5 heteroatoms. The molecule has 106 valence electrons. The third-order valence-electron chi connectivity index (χ3n) is 2.99. The van der Waals surface area contributed by atoms with Gasteiger partial charge in [-0.3, -0.25) is 4.68 Å². The number of aryl methyl sites for hydroxylation is 2. The highest BCUT2D eigenvalue weighted by Crippen LogP contribution is 2.36. The van der Waals surface area contributed by atoms with Gasteiger partial charge in [-0.2, -0.15) is 5.10 Å². The highest BCUT2D eigenvalue weighted by atomic mass is 35.5. The number of benzene rings is 1. The largest absolute Gasteiger partial charge is 0.489 e. The van der Waals surface area contributed by atoms with Crippen LogP contribution in [0.1, 0.15) is 22.9 Å². The van der Waals surface area contributed by atoms with E-state index in [9.17, 15) is 5.11 Å². The lowest BCUT2D eigenvalue weighted by Gasteiger charge is -2.17. The van der Waals surface area contributed by atoms with Gasteiger partial charge in [-0.1, -0.05) is 30.3 Å². The van der Waals surface area contributed by atoms with Crippen LogP contribution in [0.3, 0.4) is 0 Å². The van der Waals surface area contributed by atoms with Crippen LogP contribution >= 0.6 is 11.6 Å². The summed E-state index contributed by atoms with van der Waals surface area (Å²) in [5, 5.41) is 15.3. The first kappa shape index (κ1) is 14.6. The molecule has 1 unspecified atom stereocenters. The molecule has 0 radical (unpaired) electrons. The van der Waals surface area contributed by atoms with Gasteiger partial charge in [-0.25, -0.2) is 0 Å². The minimum absolute atomic E-state index is 0.353. The summed E-state index contributed by atoms with van der Waals surface area (Å²) in [6.45, 7) is 5.81. The first-order valence-corrected chi connectivity index (χ1v) is 6.62. The lowest BCUT2D eigenvalue weighted by Crippen LogP contribution is -2.05. The number of aromatic nitrogens is 2. The van der Waals surface area contributed by atoms with Crippen molar-refractivity contribution in [3.8, 4) is 5.75 Å². The van der Waals surface area contributed by atoms with Crippen molar-refractivity contribution in [3.05, 3.63) is 58.9 Å². The van der Waals surface area contributed by atoms with Crippen LogP contribution in [-0.4, -0.2) is 21.5 Å². The Labute approximate surface area is 123 Å². The highest BCUT2D eigenvalue weighted by molar-refractivity contribution is 6.31. The van der Waals surface area contributed by atoms with Crippen LogP contribution in [0.5, 0.6) is 5.75 Å². The van der Waals surface area contributed by atoms with Crippen molar-refractivity contribution >= 4 is 11.6 Å². The lowest BCUT2D eigenvalue weighted by atomic mass is 10.0. The topological polar surface area (TPSA) is 47.3 Å². The predicted molar refractivity (Wildman–Crippen MR) is 79.2 cm³/mol. The zero-order chi connectivity index (χ0) is 14.7. The molecule has 0 aliphatic carbocycles. The molecular weight excluding hydrogens is 276 g/mol. The van der Waals surface area contributed by atoms with E-state index in [0.717, 1.165) is 5.69 Å². The van der Waals surface area contributed by atoms with E-state index in [1.807, 2.05) is 14.0 Å². The Morgan fingerprint density at radius 2 is 2.30 bits per heavy atom. The number of aliphatic hydroxyl groups is 1. The lowest BCUT2D eigenvalue weighted by molar-refractivity contribution is 0.212. The molecule has 2 aromatic rings. The molecule has 0 saturated heterocycles. The van der Waals surface area contributed by atoms with Crippen LogP contribution in [0.4, 0.5) is 0 Å². The Balaban J connectivity index is 2.45. The Morgan fingerprint density at radius 3 is 2.90 bits per heavy atom. The van der Waals surface area contributed by atoms with Crippen molar-refractivity contribution < 1.29 is 9.84 Å². The first-order chi connectivity index (χ1) is 9.54. The Morgan fingerprint density at radius 1 is 1.55 bits per heavy atom. The Kier molecular flexibility index (Phi) is 4.47. The van der Waals surface area contributed by atoms with Crippen molar-refractivity contribution in [2.75, 3.05) is 6.61 Å². The summed E-state index contributed by atoms with van der Waals surface area (Å²) in [5.41, 5.74) is 2.02. The standard InChI is InChI=1S/C15H17ClN2O2/c1-4-8-20-13-7-5-6-12(16)14(13)15(19)11-9-18(3)17-10(11)2/h4-7,9,15,19H,1,8H2,2-3H3. The molecule has 0 spiro atoms. The van der Waals surface area contributed by atoms with Crippen molar-refractivity contribution in [1.82, 2.24) is 9.78 Å². The van der Waals surface area contributed by atoms with Gasteiger partial charge in [0.15, 0.2) is 0 Å². The summed E-state index contributed by atoms with van der Waals surface area (Å²) >= 11 is 6.22. The maximum Gasteiger partial charge on any atom is 0.127 e. The summed E-state index contributed by atoms with van der Waals surface area (Å²) < 4.78 is 7.23. The average Bonchev–Trinajstić information content (AvgIpc) is 2.74. The second-order valence-corrected chi connectivity index (χ2v) is 4.90. The maximum absolute atomic E-state index is 10.6. The van der Waals surface area contributed by atoms with Crippen molar-refractivity contribution in [2.24, 2.45) is 7.05 Å². The van der Waals surface area contributed by atoms with Gasteiger partial charge in [0.2, 0.25) is 0 Å². The molecule has 0 saturated carbocycles. The van der Waals surface area contributed by atoms with Gasteiger partial charge in [-0.15, -0.1) is 0 Å². The van der Waals surface area contributed by atoms with E-state index in [1.165, 1.54) is 0 Å². The Bertz CT molecular complexity index is 622. The summed E-state index contributed by atoms with van der Waals surface area (Å²) in [5.74, 6) is 0.549. The second kappa shape index (κ2) is 6.11. The van der Waals surface area contributed by atoms with Crippen molar-refractivity contribution in [3.63, 3.8) is 0 Å². The third-order valence-corrected chi connectivity index (χ3v) is 3.32. The molecule has 1 N–H and O–H groups in total. The molecule has 0 aliphatic heterocycles. The predicted octanol–water partition coefficient (Wildman–Crippen LogP) is 3.03. The van der Waals surface area contributed by atoms with Gasteiger partial charge in [0.25, 0.3) is 0 Å². The fourth-order valence-electron chi connectivity index (χ4n) is 2.10. The van der Waals surface area contributed by atoms with E-state index >= 15 is 0 Å². The zero-order valence-corrected chi connectivity index (χ0v) is 12.3. The smallest absolute Gasteiger partial charge is 0.127 e. The normalized spacial score (nSPS) is 12.2. The molecule has 2 rings (SSSR count). The molecule has 1 atom stereocenters. The summed E-state index contributed by atoms with van der Waals surface area (Å²) in [7, 11) is 1.81. The van der Waals surface area contributed by atoms with Crippen molar-refractivity contribution in [1.29, 1.82) is 0 Å². The van der Waals surface area contributed by atoms with Crippen LogP contribution < -0.4 is 4.74 Å². The fourth-order valence-corrected chi connectivity index (χ4v) is 2.37. The van der Waals surface area contributed by atoms with E-state index in [2.05, 4.69) is 11.7 Å². The van der Waals surface area contributed by atoms with Crippen LogP contribution in [0.25, 0.3) is 0 Å². The van der Waals surface area contributed by atoms with Gasteiger partial charge in [0.1, 0.15) is 18.5 Å². The average molecular weight is 293 g/mol. The van der Waals surface area contributed by atoms with Crippen LogP contribution in [-0.2, 0) is 7.05 Å². The van der Waals surface area contributed by atoms with Crippen LogP contribution in [0.2, 0.25) is 5.02 Å². The number of halogens is 1. The molecule has 4 nitrogen and oxygen atoms in total. The monoisotopic (exact) mass is 292 g/mol. The van der Waals surface area contributed by atoms with E-state index in [0.29, 0.717) is 28.5 Å². The number of hydrogen-bond acceptors (Lipinski definition) is 3. The molecule has 0 bridgehead atoms. The minimum atomic E-state index is -0.878. The van der Waals surface area contributed by atoms with E-state index in [1.54, 1.807) is 35.2 Å². The number of aliphatic hydroxyl groups excluding tert-OH is 1. The number of hydrogen-bond donors (Lipinski definition) is 1. The summed E-state index contributed by atoms with van der Waals surface area (Å²) in [6.07, 6.45) is 2.55. The van der Waals surface area contributed by atoms with E-state index in [-0.39, 0.29) is 0 Å². The highest BCUT2D eigenvalue weighted by Gasteiger charge is 2.22. The number of nitrogens with zero attached hydrogens (tertiary/aromatic N) is 2. The van der Waals surface area contributed by atoms with Gasteiger partial charge in [0.05, 0.1) is 10.7 Å². The summed E-state index contributed by atoms with van der Waals surface area (Å²) in [4.78, 5) is 0. The quantitative estimate of drug-likeness (QED) is 0.862. The second-order valence-electron chi connectivity index (χ2n) is 4.50. The molecule has 0 fully saturated rings. The van der Waals surface area contributed by atoms with Crippen LogP contribution in [0.15, 0.2) is 37.1 Å². The third kappa shape index (κ3) is 2.86. The minimum Gasteiger partial charge on any atom is -0.489 e. The van der Waals surface area contributed by atoms with Crippen molar-refractivity contribution in [2.45, 2.75) is 13.0 Å². The summed E-state index contributed by atoms with van der Waals surface area (Å²) in [6, 6.07) is 5.29. The molecule has 1 heterocycles. The first-order valence-electron chi connectivity index (χ1n) is 6.25. The van der Waals surface area contributed by atoms with Gasteiger partial charge >= 0.3 is 0 Å². The Hall–Kier alpha value is -1.78. The molecule has 0 amide bonds. The number of rotatable bonds is 5. The number of ether oxygens (including phenoxy) is 1. The molecular formula is C15H17ClN2O2. The van der Waals surface area contributed by atoms with E-state index < -0.39 is 6.10 Å².